The summed E-state index contributed by atoms with van der Waals surface area (Å²) in [4.78, 5) is 0. The summed E-state index contributed by atoms with van der Waals surface area (Å²) < 4.78 is 4.44. The van der Waals surface area contributed by atoms with E-state index in [-0.39, 0.29) is 0 Å². The van der Waals surface area contributed by atoms with Gasteiger partial charge in [0, 0.05) is 12.4 Å². The summed E-state index contributed by atoms with van der Waals surface area (Å²) in [6.45, 7) is 2.49. The molecule has 1 aromatic heterocycles. The van der Waals surface area contributed by atoms with Crippen LogP contribution in [0.4, 0.5) is 5.82 Å². The number of nitrogens with one attached hydrogen (secondary N) is 1. The molecule has 0 saturated heterocycles. The second-order valence-corrected chi connectivity index (χ2v) is 2.19. The van der Waals surface area contributed by atoms with Gasteiger partial charge in [0.25, 0.3) is 0 Å². The van der Waals surface area contributed by atoms with Crippen molar-refractivity contribution >= 4 is 17.4 Å². The van der Waals surface area contributed by atoms with E-state index in [1.54, 1.807) is 0 Å². The molecule has 1 aromatic rings. The number of anilines is 1. The van der Waals surface area contributed by atoms with Gasteiger partial charge in [-0.1, -0.05) is 5.16 Å². The third-order valence-electron chi connectivity index (χ3n) is 1.04. The van der Waals surface area contributed by atoms with Crippen LogP contribution in [0.25, 0.3) is 0 Å². The van der Waals surface area contributed by atoms with Gasteiger partial charge in [-0.25, -0.2) is 4.63 Å². The molecule has 0 aromatic carbocycles. The Bertz CT molecular complexity index is 201. The molecule has 0 atom stereocenters. The van der Waals surface area contributed by atoms with Crippen LogP contribution in [0.3, 0.4) is 0 Å². The summed E-state index contributed by atoms with van der Waals surface area (Å²) in [5.41, 5.74) is 0.755. The van der Waals surface area contributed by atoms with Crippen molar-refractivity contribution in [1.82, 2.24) is 10.3 Å². The zero-order chi connectivity index (χ0) is 7.40. The zero-order valence-electron chi connectivity index (χ0n) is 5.59. The van der Waals surface area contributed by atoms with Crippen LogP contribution in [0.2, 0.25) is 0 Å². The molecule has 0 aliphatic carbocycles. The lowest BCUT2D eigenvalue weighted by molar-refractivity contribution is 0.306. The fourth-order valence-corrected chi connectivity index (χ4v) is 0.652. The number of halogens is 1. The number of alkyl halides is 1. The predicted molar refractivity (Wildman–Crippen MR) is 38.2 cm³/mol. The summed E-state index contributed by atoms with van der Waals surface area (Å²) >= 11 is 5.43. The molecule has 1 N–H and O–H groups in total. The Morgan fingerprint density at radius 2 is 2.40 bits per heavy atom. The van der Waals surface area contributed by atoms with Gasteiger partial charge in [0.1, 0.15) is 5.69 Å². The minimum atomic E-state index is 0.548. The normalized spacial score (nSPS) is 9.80. The minimum absolute atomic E-state index is 0.548. The molecule has 5 heteroatoms. The quantitative estimate of drug-likeness (QED) is 0.673. The van der Waals surface area contributed by atoms with Crippen LogP contribution >= 0.6 is 11.6 Å². The lowest BCUT2D eigenvalue weighted by Gasteiger charge is -1.95. The molecule has 0 bridgehead atoms. The van der Waals surface area contributed by atoms with Gasteiger partial charge in [0.05, 0.1) is 0 Å². The van der Waals surface area contributed by atoms with E-state index in [2.05, 4.69) is 20.3 Å². The van der Waals surface area contributed by atoms with E-state index in [9.17, 15) is 0 Å². The topological polar surface area (TPSA) is 51.0 Å². The molecule has 10 heavy (non-hydrogen) atoms. The zero-order valence-corrected chi connectivity index (χ0v) is 6.35. The summed E-state index contributed by atoms with van der Waals surface area (Å²) in [6.07, 6.45) is 0. The maximum Gasteiger partial charge on any atom is 0.193 e. The Morgan fingerprint density at radius 3 is 2.90 bits per heavy atom. The van der Waals surface area contributed by atoms with E-state index >= 15 is 0 Å². The van der Waals surface area contributed by atoms with Crippen molar-refractivity contribution in [2.45, 2.75) is 6.92 Å². The van der Waals surface area contributed by atoms with Crippen LogP contribution < -0.4 is 5.32 Å². The second kappa shape index (κ2) is 3.41. The third-order valence-corrected chi connectivity index (χ3v) is 1.23. The molecule has 0 aliphatic heterocycles. The highest BCUT2D eigenvalue weighted by atomic mass is 35.5. The molecule has 0 spiro atoms. The summed E-state index contributed by atoms with van der Waals surface area (Å²) in [5, 5.41) is 10.1. The van der Waals surface area contributed by atoms with Gasteiger partial charge in [-0.2, -0.15) is 0 Å². The number of aryl methyl sites for hydroxylation is 1. The maximum absolute atomic E-state index is 5.43. The SMILES string of the molecule is Cc1nonc1NCCCl. The molecule has 1 rings (SSSR count). The molecule has 0 amide bonds. The van der Waals surface area contributed by atoms with E-state index in [0.29, 0.717) is 18.2 Å². The molecule has 0 fully saturated rings. The van der Waals surface area contributed by atoms with Crippen molar-refractivity contribution in [1.29, 1.82) is 0 Å². The molecule has 0 unspecified atom stereocenters. The average molecular weight is 162 g/mol. The highest BCUT2D eigenvalue weighted by Crippen LogP contribution is 2.05. The summed E-state index contributed by atoms with van der Waals surface area (Å²) in [5.74, 6) is 1.22. The van der Waals surface area contributed by atoms with Gasteiger partial charge in [0.2, 0.25) is 0 Å². The summed E-state index contributed by atoms with van der Waals surface area (Å²) in [6, 6.07) is 0. The Labute approximate surface area is 63.5 Å². The molecule has 0 aliphatic rings. The van der Waals surface area contributed by atoms with E-state index < -0.39 is 0 Å². The van der Waals surface area contributed by atoms with Crippen LogP contribution in [0.15, 0.2) is 4.63 Å². The highest BCUT2D eigenvalue weighted by molar-refractivity contribution is 6.18. The van der Waals surface area contributed by atoms with Gasteiger partial charge < -0.3 is 5.32 Å². The van der Waals surface area contributed by atoms with Crippen molar-refractivity contribution in [3.8, 4) is 0 Å². The number of hydrogen-bond acceptors (Lipinski definition) is 4. The van der Waals surface area contributed by atoms with Crippen molar-refractivity contribution in [2.24, 2.45) is 0 Å². The first-order valence-electron chi connectivity index (χ1n) is 2.93. The van der Waals surface area contributed by atoms with Crippen LogP contribution in [0.1, 0.15) is 5.69 Å². The van der Waals surface area contributed by atoms with Gasteiger partial charge in [-0.3, -0.25) is 0 Å². The fraction of sp³-hybridized carbons (Fsp3) is 0.600. The highest BCUT2D eigenvalue weighted by Gasteiger charge is 2.01. The van der Waals surface area contributed by atoms with Gasteiger partial charge in [0.15, 0.2) is 5.82 Å². The number of rotatable bonds is 3. The molecule has 0 saturated carbocycles. The smallest absolute Gasteiger partial charge is 0.193 e. The first-order chi connectivity index (χ1) is 4.84. The van der Waals surface area contributed by atoms with E-state index in [1.807, 2.05) is 6.92 Å². The van der Waals surface area contributed by atoms with E-state index in [4.69, 9.17) is 11.6 Å². The van der Waals surface area contributed by atoms with E-state index in [1.165, 1.54) is 0 Å². The molecule has 0 radical (unpaired) electrons. The number of hydrogen-bond donors (Lipinski definition) is 1. The standard InChI is InChI=1S/C5H8ClN3O/c1-4-5(7-3-2-6)9-10-8-4/h2-3H2,1H3,(H,7,9). The van der Waals surface area contributed by atoms with Crippen LogP contribution in [-0.4, -0.2) is 22.7 Å². The minimum Gasteiger partial charge on any atom is -0.364 e. The Balaban J connectivity index is 2.49. The monoisotopic (exact) mass is 161 g/mol. The van der Waals surface area contributed by atoms with Crippen LogP contribution in [0, 0.1) is 6.92 Å². The van der Waals surface area contributed by atoms with Crippen molar-refractivity contribution in [2.75, 3.05) is 17.7 Å². The lowest BCUT2D eigenvalue weighted by atomic mass is 10.5. The van der Waals surface area contributed by atoms with E-state index in [0.717, 1.165) is 5.69 Å². The third kappa shape index (κ3) is 1.60. The van der Waals surface area contributed by atoms with Gasteiger partial charge in [-0.05, 0) is 12.1 Å². The lowest BCUT2D eigenvalue weighted by Crippen LogP contribution is -2.03. The number of nitrogens with zero attached hydrogens (tertiary/aromatic N) is 2. The first-order valence-corrected chi connectivity index (χ1v) is 3.47. The largest absolute Gasteiger partial charge is 0.364 e. The molecular weight excluding hydrogens is 154 g/mol. The van der Waals surface area contributed by atoms with Crippen molar-refractivity contribution in [3.05, 3.63) is 5.69 Å². The molecule has 56 valence electrons. The Morgan fingerprint density at radius 1 is 1.60 bits per heavy atom. The van der Waals surface area contributed by atoms with Crippen molar-refractivity contribution in [3.63, 3.8) is 0 Å². The van der Waals surface area contributed by atoms with Crippen LogP contribution in [0.5, 0.6) is 0 Å². The van der Waals surface area contributed by atoms with Crippen LogP contribution in [-0.2, 0) is 0 Å². The fourth-order valence-electron chi connectivity index (χ4n) is 0.558. The molecule has 4 nitrogen and oxygen atoms in total. The van der Waals surface area contributed by atoms with Gasteiger partial charge >= 0.3 is 0 Å². The Kier molecular flexibility index (Phi) is 2.50. The number of aromatic nitrogens is 2. The molecular formula is C5H8ClN3O. The first kappa shape index (κ1) is 7.34. The predicted octanol–water partition coefficient (Wildman–Crippen LogP) is 1.03. The second-order valence-electron chi connectivity index (χ2n) is 1.81. The van der Waals surface area contributed by atoms with Gasteiger partial charge in [-0.15, -0.1) is 11.6 Å². The maximum atomic E-state index is 5.43. The summed E-state index contributed by atoms with van der Waals surface area (Å²) in [7, 11) is 0. The average Bonchev–Trinajstić information content (AvgIpc) is 2.31. The Hall–Kier alpha value is -0.770. The molecule has 1 heterocycles. The van der Waals surface area contributed by atoms with Crippen molar-refractivity contribution < 1.29 is 4.63 Å².